The molecule has 0 N–H and O–H groups in total. The number of hydrogen-bond donors (Lipinski definition) is 0. The third-order valence-corrected chi connectivity index (χ3v) is 12.2. The van der Waals surface area contributed by atoms with Crippen molar-refractivity contribution in [3.05, 3.63) is 235 Å². The van der Waals surface area contributed by atoms with Crippen molar-refractivity contribution in [3.63, 3.8) is 0 Å². The summed E-state index contributed by atoms with van der Waals surface area (Å²) < 4.78 is 0. The molecule has 0 nitrogen and oxygen atoms in total. The molecule has 11 rings (SSSR count). The summed E-state index contributed by atoms with van der Waals surface area (Å²) in [5.74, 6) is 0.305. The molecule has 0 bridgehead atoms. The Morgan fingerprint density at radius 3 is 1.60 bits per heavy atom. The highest BCUT2D eigenvalue weighted by Gasteiger charge is 2.22. The van der Waals surface area contributed by atoms with Gasteiger partial charge in [0, 0.05) is 5.92 Å². The van der Waals surface area contributed by atoms with Crippen molar-refractivity contribution < 1.29 is 0 Å². The maximum Gasteiger partial charge on any atom is 0.0130 e. The standard InChI is InChI=1S/C58H40/c1-3-15-39(16-4-1)43-31-33-53-55(37-43)57(47-25-11-23-45(35-47)51-29-13-21-41-19-7-9-27-49(41)51)54-34-32-44(40-17-5-2-6-18-40)38-56(54)58(53)48-26-12-24-46(36-48)52-30-14-22-42-20-8-10-28-50(42)52/h1-29,31-38,52H,30H2. The minimum atomic E-state index is 0.305. The summed E-state index contributed by atoms with van der Waals surface area (Å²) in [7, 11) is 0. The van der Waals surface area contributed by atoms with Crippen LogP contribution in [0, 0.1) is 0 Å². The highest BCUT2D eigenvalue weighted by atomic mass is 14.3. The molecular weight excluding hydrogens is 697 g/mol. The molecule has 0 aromatic heterocycles. The Hall–Kier alpha value is -7.28. The lowest BCUT2D eigenvalue weighted by molar-refractivity contribution is 0.820. The summed E-state index contributed by atoms with van der Waals surface area (Å²) in [6.45, 7) is 0. The topological polar surface area (TPSA) is 0 Å². The Morgan fingerprint density at radius 1 is 0.328 bits per heavy atom. The highest BCUT2D eigenvalue weighted by Crippen LogP contribution is 2.47. The van der Waals surface area contributed by atoms with Crippen molar-refractivity contribution in [1.82, 2.24) is 0 Å². The second-order valence-electron chi connectivity index (χ2n) is 15.6. The molecule has 1 aliphatic rings. The fourth-order valence-electron chi connectivity index (χ4n) is 9.45. The average Bonchev–Trinajstić information content (AvgIpc) is 3.30. The molecule has 0 aliphatic heterocycles. The highest BCUT2D eigenvalue weighted by molar-refractivity contribution is 6.22. The molecule has 10 aromatic rings. The minimum absolute atomic E-state index is 0.305. The van der Waals surface area contributed by atoms with Crippen molar-refractivity contribution in [1.29, 1.82) is 0 Å². The van der Waals surface area contributed by atoms with Gasteiger partial charge in [-0.3, -0.25) is 0 Å². The first-order valence-corrected chi connectivity index (χ1v) is 20.4. The fraction of sp³-hybridized carbons (Fsp3) is 0.0345. The molecule has 0 saturated carbocycles. The summed E-state index contributed by atoms with van der Waals surface area (Å²) in [5.41, 5.74) is 16.4. The van der Waals surface area contributed by atoms with Crippen LogP contribution in [0.5, 0.6) is 0 Å². The van der Waals surface area contributed by atoms with E-state index in [0.29, 0.717) is 5.92 Å². The van der Waals surface area contributed by atoms with Gasteiger partial charge in [-0.15, -0.1) is 0 Å². The Balaban J connectivity index is 1.21. The van der Waals surface area contributed by atoms with Gasteiger partial charge in [-0.25, -0.2) is 0 Å². The van der Waals surface area contributed by atoms with Crippen LogP contribution in [0.4, 0.5) is 0 Å². The maximum absolute atomic E-state index is 2.47. The Kier molecular flexibility index (Phi) is 8.41. The number of allylic oxidation sites excluding steroid dienone is 1. The monoisotopic (exact) mass is 736 g/mol. The predicted molar refractivity (Wildman–Crippen MR) is 248 cm³/mol. The van der Waals surface area contributed by atoms with E-state index in [1.807, 2.05) is 0 Å². The minimum Gasteiger partial charge on any atom is -0.0830 e. The molecule has 0 heteroatoms. The van der Waals surface area contributed by atoms with E-state index in [0.717, 1.165) is 6.42 Å². The van der Waals surface area contributed by atoms with E-state index in [1.165, 1.54) is 105 Å². The smallest absolute Gasteiger partial charge is 0.0130 e. The lowest BCUT2D eigenvalue weighted by Crippen LogP contribution is -2.05. The summed E-state index contributed by atoms with van der Waals surface area (Å²) >= 11 is 0. The van der Waals surface area contributed by atoms with Crippen LogP contribution < -0.4 is 0 Å². The van der Waals surface area contributed by atoms with E-state index in [-0.39, 0.29) is 0 Å². The van der Waals surface area contributed by atoms with Crippen molar-refractivity contribution in [2.24, 2.45) is 0 Å². The lowest BCUT2D eigenvalue weighted by atomic mass is 9.80. The normalized spacial score (nSPS) is 13.6. The van der Waals surface area contributed by atoms with E-state index >= 15 is 0 Å². The zero-order valence-corrected chi connectivity index (χ0v) is 32.1. The maximum atomic E-state index is 2.47. The van der Waals surface area contributed by atoms with Gasteiger partial charge in [-0.1, -0.05) is 206 Å². The fourth-order valence-corrected chi connectivity index (χ4v) is 9.45. The molecule has 0 fully saturated rings. The second-order valence-corrected chi connectivity index (χ2v) is 15.6. The van der Waals surface area contributed by atoms with Crippen LogP contribution in [0.15, 0.2) is 218 Å². The van der Waals surface area contributed by atoms with Crippen molar-refractivity contribution in [3.8, 4) is 55.6 Å². The van der Waals surface area contributed by atoms with Gasteiger partial charge in [0.2, 0.25) is 0 Å². The molecule has 0 heterocycles. The van der Waals surface area contributed by atoms with Crippen LogP contribution in [0.2, 0.25) is 0 Å². The van der Waals surface area contributed by atoms with Crippen LogP contribution in [0.1, 0.15) is 29.0 Å². The van der Waals surface area contributed by atoms with Gasteiger partial charge in [0.05, 0.1) is 0 Å². The van der Waals surface area contributed by atoms with Crippen molar-refractivity contribution in [2.45, 2.75) is 12.3 Å². The van der Waals surface area contributed by atoms with Crippen molar-refractivity contribution in [2.75, 3.05) is 0 Å². The predicted octanol–water partition coefficient (Wildman–Crippen LogP) is 16.0. The zero-order valence-electron chi connectivity index (χ0n) is 32.1. The van der Waals surface area contributed by atoms with E-state index in [4.69, 9.17) is 0 Å². The number of benzene rings is 10. The molecule has 1 unspecified atom stereocenters. The molecule has 0 amide bonds. The second kappa shape index (κ2) is 14.3. The van der Waals surface area contributed by atoms with Gasteiger partial charge in [0.25, 0.3) is 0 Å². The van der Waals surface area contributed by atoms with E-state index in [9.17, 15) is 0 Å². The van der Waals surface area contributed by atoms with E-state index < -0.39 is 0 Å². The Bertz CT molecular complexity index is 3180. The third-order valence-electron chi connectivity index (χ3n) is 12.2. The molecule has 0 radical (unpaired) electrons. The summed E-state index contributed by atoms with van der Waals surface area (Å²) in [6, 6.07) is 78.7. The molecule has 58 heavy (non-hydrogen) atoms. The first-order valence-electron chi connectivity index (χ1n) is 20.4. The van der Waals surface area contributed by atoms with E-state index in [2.05, 4.69) is 224 Å². The van der Waals surface area contributed by atoms with E-state index in [1.54, 1.807) is 0 Å². The molecule has 272 valence electrons. The zero-order chi connectivity index (χ0) is 38.4. The van der Waals surface area contributed by atoms with Gasteiger partial charge in [0.15, 0.2) is 0 Å². The molecular formula is C58H40. The van der Waals surface area contributed by atoms with Crippen LogP contribution >= 0.6 is 0 Å². The molecule has 0 saturated heterocycles. The SMILES string of the molecule is C1=Cc2ccccc2C(c2cccc(-c3c4ccc(-c5ccccc5)cc4c(-c4cccc(-c5cccc6ccccc56)c4)c4ccc(-c5ccccc5)cc34)c2)C1. The summed E-state index contributed by atoms with van der Waals surface area (Å²) in [5, 5.41) is 7.53. The summed E-state index contributed by atoms with van der Waals surface area (Å²) in [4.78, 5) is 0. The molecule has 10 aromatic carbocycles. The Labute approximate surface area is 340 Å². The van der Waals surface area contributed by atoms with Gasteiger partial charge < -0.3 is 0 Å². The first kappa shape index (κ1) is 34.0. The van der Waals surface area contributed by atoms with Crippen LogP contribution in [0.25, 0.3) is 94.0 Å². The average molecular weight is 737 g/mol. The lowest BCUT2D eigenvalue weighted by Gasteiger charge is -2.24. The number of fused-ring (bicyclic) bond motifs is 4. The van der Waals surface area contributed by atoms with Gasteiger partial charge in [-0.2, -0.15) is 0 Å². The molecule has 1 atom stereocenters. The Morgan fingerprint density at radius 2 is 0.879 bits per heavy atom. The van der Waals surface area contributed by atoms with Crippen LogP contribution in [-0.4, -0.2) is 0 Å². The first-order chi connectivity index (χ1) is 28.8. The van der Waals surface area contributed by atoms with Crippen molar-refractivity contribution >= 4 is 38.4 Å². The largest absolute Gasteiger partial charge is 0.0830 e. The van der Waals surface area contributed by atoms with Gasteiger partial charge >= 0.3 is 0 Å². The third kappa shape index (κ3) is 5.94. The quantitative estimate of drug-likeness (QED) is 0.149. The summed E-state index contributed by atoms with van der Waals surface area (Å²) in [6.07, 6.45) is 5.61. The molecule has 1 aliphatic carbocycles. The van der Waals surface area contributed by atoms with Gasteiger partial charge in [-0.05, 0) is 129 Å². The van der Waals surface area contributed by atoms with Crippen LogP contribution in [0.3, 0.4) is 0 Å². The number of hydrogen-bond acceptors (Lipinski definition) is 0. The molecule has 0 spiro atoms. The van der Waals surface area contributed by atoms with Gasteiger partial charge in [0.1, 0.15) is 0 Å². The number of rotatable bonds is 6. The van der Waals surface area contributed by atoms with Crippen LogP contribution in [-0.2, 0) is 0 Å².